The van der Waals surface area contributed by atoms with E-state index in [9.17, 15) is 4.79 Å². The van der Waals surface area contributed by atoms with Gasteiger partial charge in [0.1, 0.15) is 4.70 Å². The zero-order valence-corrected chi connectivity index (χ0v) is 16.9. The summed E-state index contributed by atoms with van der Waals surface area (Å²) >= 11 is 1.48. The lowest BCUT2D eigenvalue weighted by Gasteiger charge is -2.40. The van der Waals surface area contributed by atoms with Gasteiger partial charge in [-0.15, -0.1) is 21.5 Å². The first-order chi connectivity index (χ1) is 13.6. The summed E-state index contributed by atoms with van der Waals surface area (Å²) in [6, 6.07) is 13.6. The summed E-state index contributed by atoms with van der Waals surface area (Å²) in [7, 11) is 1.77. The van der Waals surface area contributed by atoms with Crippen molar-refractivity contribution in [2.45, 2.75) is 44.8 Å². The molecule has 1 aromatic carbocycles. The Hall–Kier alpha value is -2.51. The summed E-state index contributed by atoms with van der Waals surface area (Å²) in [5.74, 6) is 1.50. The maximum atomic E-state index is 12.6. The topological polar surface area (TPSA) is 55.4 Å². The summed E-state index contributed by atoms with van der Waals surface area (Å²) in [5, 5.41) is 10.8. The van der Waals surface area contributed by atoms with Crippen molar-refractivity contribution in [3.8, 4) is 0 Å². The first kappa shape index (κ1) is 17.6. The predicted molar refractivity (Wildman–Crippen MR) is 112 cm³/mol. The van der Waals surface area contributed by atoms with Crippen LogP contribution in [0.15, 0.2) is 46.6 Å². The second kappa shape index (κ2) is 6.83. The highest BCUT2D eigenvalue weighted by Crippen LogP contribution is 2.35. The fourth-order valence-electron chi connectivity index (χ4n) is 4.46. The Bertz CT molecular complexity index is 1190. The lowest BCUT2D eigenvalue weighted by atomic mass is 9.91. The molecule has 6 nitrogen and oxygen atoms in total. The number of hydrogen-bond donors (Lipinski definition) is 0. The smallest absolute Gasteiger partial charge is 0.272 e. The van der Waals surface area contributed by atoms with Crippen molar-refractivity contribution >= 4 is 27.3 Å². The van der Waals surface area contributed by atoms with Gasteiger partial charge in [-0.25, -0.2) is 0 Å². The lowest BCUT2D eigenvalue weighted by Crippen LogP contribution is -2.40. The third-order valence-electron chi connectivity index (χ3n) is 5.97. The van der Waals surface area contributed by atoms with Crippen LogP contribution in [0.4, 0.5) is 0 Å². The van der Waals surface area contributed by atoms with E-state index < -0.39 is 0 Å². The second-order valence-electron chi connectivity index (χ2n) is 7.63. The van der Waals surface area contributed by atoms with Crippen LogP contribution in [0.25, 0.3) is 16.0 Å². The molecule has 7 heteroatoms. The van der Waals surface area contributed by atoms with Crippen LogP contribution in [-0.4, -0.2) is 30.1 Å². The number of hydrogen-bond acceptors (Lipinski definition) is 5. The third kappa shape index (κ3) is 2.69. The Morgan fingerprint density at radius 3 is 2.79 bits per heavy atom. The Morgan fingerprint density at radius 2 is 1.96 bits per heavy atom. The van der Waals surface area contributed by atoms with E-state index in [4.69, 9.17) is 0 Å². The van der Waals surface area contributed by atoms with Gasteiger partial charge in [-0.3, -0.25) is 18.7 Å². The minimum Gasteiger partial charge on any atom is -0.286 e. The van der Waals surface area contributed by atoms with Crippen LogP contribution in [0.1, 0.15) is 43.6 Å². The molecule has 0 spiro atoms. The zero-order chi connectivity index (χ0) is 19.3. The molecule has 0 radical (unpaired) electrons. The van der Waals surface area contributed by atoms with Crippen LogP contribution in [0.2, 0.25) is 0 Å². The Balaban J connectivity index is 1.61. The van der Waals surface area contributed by atoms with Gasteiger partial charge >= 0.3 is 0 Å². The van der Waals surface area contributed by atoms with Gasteiger partial charge in [0.05, 0.1) is 12.1 Å². The second-order valence-corrected chi connectivity index (χ2v) is 8.55. The van der Waals surface area contributed by atoms with Gasteiger partial charge in [0.15, 0.2) is 5.82 Å². The molecule has 28 heavy (non-hydrogen) atoms. The normalized spacial score (nSPS) is 20.9. The molecule has 0 unspecified atom stereocenters. The molecular weight excluding hydrogens is 370 g/mol. The van der Waals surface area contributed by atoms with Gasteiger partial charge in [0.2, 0.25) is 5.78 Å². The monoisotopic (exact) mass is 393 g/mol. The molecule has 0 saturated carbocycles. The molecule has 144 valence electrons. The number of likely N-dealkylation sites (tertiary alicyclic amines) is 1. The molecule has 1 fully saturated rings. The van der Waals surface area contributed by atoms with Crippen molar-refractivity contribution in [3.05, 3.63) is 63.5 Å². The molecule has 3 aromatic heterocycles. The number of piperidine rings is 1. The molecule has 0 amide bonds. The SMILES string of the molecule is C[C@H]1CCC[C@H](c2ccccc2)N1Cc1nnc2n(C)c(=O)c3sccc3n12. The average molecular weight is 394 g/mol. The number of thiophene rings is 1. The van der Waals surface area contributed by atoms with E-state index >= 15 is 0 Å². The fourth-order valence-corrected chi connectivity index (χ4v) is 5.31. The van der Waals surface area contributed by atoms with Crippen LogP contribution in [0.3, 0.4) is 0 Å². The maximum Gasteiger partial charge on any atom is 0.272 e. The average Bonchev–Trinajstić information content (AvgIpc) is 3.35. The summed E-state index contributed by atoms with van der Waals surface area (Å²) in [6.07, 6.45) is 3.57. The largest absolute Gasteiger partial charge is 0.286 e. The van der Waals surface area contributed by atoms with Crippen LogP contribution in [0, 0.1) is 0 Å². The Labute approximate surface area is 167 Å². The van der Waals surface area contributed by atoms with Gasteiger partial charge in [0.25, 0.3) is 5.56 Å². The quantitative estimate of drug-likeness (QED) is 0.532. The first-order valence-electron chi connectivity index (χ1n) is 9.76. The molecule has 0 aliphatic carbocycles. The molecule has 4 aromatic rings. The number of aryl methyl sites for hydroxylation is 1. The lowest BCUT2D eigenvalue weighted by molar-refractivity contribution is 0.0811. The Kier molecular flexibility index (Phi) is 4.29. The maximum absolute atomic E-state index is 12.6. The molecule has 1 saturated heterocycles. The number of rotatable bonds is 3. The minimum absolute atomic E-state index is 0.00930. The zero-order valence-electron chi connectivity index (χ0n) is 16.1. The van der Waals surface area contributed by atoms with Gasteiger partial charge in [-0.2, -0.15) is 0 Å². The number of benzene rings is 1. The molecular formula is C21H23N5OS. The van der Waals surface area contributed by atoms with Gasteiger partial charge in [0, 0.05) is 19.1 Å². The highest BCUT2D eigenvalue weighted by atomic mass is 32.1. The number of nitrogens with zero attached hydrogens (tertiary/aromatic N) is 5. The van der Waals surface area contributed by atoms with Crippen molar-refractivity contribution in [1.82, 2.24) is 24.1 Å². The number of fused-ring (bicyclic) bond motifs is 3. The van der Waals surface area contributed by atoms with E-state index in [1.807, 2.05) is 11.4 Å². The van der Waals surface area contributed by atoms with Gasteiger partial charge < -0.3 is 0 Å². The van der Waals surface area contributed by atoms with Crippen LogP contribution in [0.5, 0.6) is 0 Å². The summed E-state index contributed by atoms with van der Waals surface area (Å²) in [5.41, 5.74) is 2.25. The van der Waals surface area contributed by atoms with E-state index in [-0.39, 0.29) is 5.56 Å². The molecule has 0 N–H and O–H groups in total. The van der Waals surface area contributed by atoms with Crippen LogP contribution in [-0.2, 0) is 13.6 Å². The van der Waals surface area contributed by atoms with Crippen molar-refractivity contribution in [2.24, 2.45) is 7.05 Å². The minimum atomic E-state index is -0.00930. The summed E-state index contributed by atoms with van der Waals surface area (Å²) in [4.78, 5) is 15.1. The van der Waals surface area contributed by atoms with E-state index in [0.717, 1.165) is 22.5 Å². The highest BCUT2D eigenvalue weighted by molar-refractivity contribution is 7.17. The van der Waals surface area contributed by atoms with Crippen LogP contribution < -0.4 is 5.56 Å². The molecule has 2 atom stereocenters. The summed E-state index contributed by atoms with van der Waals surface area (Å²) < 4.78 is 4.41. The van der Waals surface area contributed by atoms with Gasteiger partial charge in [-0.1, -0.05) is 36.8 Å². The van der Waals surface area contributed by atoms with Crippen molar-refractivity contribution in [2.75, 3.05) is 0 Å². The third-order valence-corrected chi connectivity index (χ3v) is 6.86. The first-order valence-corrected chi connectivity index (χ1v) is 10.6. The van der Waals surface area contributed by atoms with Crippen LogP contribution >= 0.6 is 11.3 Å². The van der Waals surface area contributed by atoms with E-state index in [1.54, 1.807) is 11.6 Å². The summed E-state index contributed by atoms with van der Waals surface area (Å²) in [6.45, 7) is 3.01. The Morgan fingerprint density at radius 1 is 1.14 bits per heavy atom. The molecule has 4 heterocycles. The van der Waals surface area contributed by atoms with Crippen molar-refractivity contribution in [1.29, 1.82) is 0 Å². The van der Waals surface area contributed by atoms with Crippen molar-refractivity contribution in [3.63, 3.8) is 0 Å². The molecule has 1 aliphatic heterocycles. The van der Waals surface area contributed by atoms with Crippen molar-refractivity contribution < 1.29 is 0 Å². The van der Waals surface area contributed by atoms with E-state index in [1.165, 1.54) is 29.7 Å². The highest BCUT2D eigenvalue weighted by Gasteiger charge is 2.30. The molecule has 5 rings (SSSR count). The van der Waals surface area contributed by atoms with E-state index in [2.05, 4.69) is 56.8 Å². The standard InChI is InChI=1S/C21H23N5OS/c1-14-7-6-10-16(15-8-4-3-5-9-15)25(14)13-18-22-23-21-24(2)20(27)19-17(26(18)21)11-12-28-19/h3-5,8-9,11-12,14,16H,6-7,10,13H2,1-2H3/t14-,16+/m0/s1. The molecule has 0 bridgehead atoms. The fraction of sp³-hybridized carbons (Fsp3) is 0.381. The number of aromatic nitrogens is 4. The van der Waals surface area contributed by atoms with Gasteiger partial charge in [-0.05, 0) is 36.8 Å². The predicted octanol–water partition coefficient (Wildman–Crippen LogP) is 3.76. The molecule has 1 aliphatic rings. The van der Waals surface area contributed by atoms with E-state index in [0.29, 0.717) is 24.4 Å².